The van der Waals surface area contributed by atoms with Gasteiger partial charge in [-0.2, -0.15) is 5.10 Å². The Morgan fingerprint density at radius 2 is 2.10 bits per heavy atom. The minimum absolute atomic E-state index is 0. The van der Waals surface area contributed by atoms with Gasteiger partial charge in [0.05, 0.1) is 5.69 Å². The fourth-order valence-electron chi connectivity index (χ4n) is 0.452. The highest BCUT2D eigenvalue weighted by molar-refractivity contribution is 8.93. The molecule has 3 nitrogen and oxygen atoms in total. The van der Waals surface area contributed by atoms with Crippen molar-refractivity contribution in [3.63, 3.8) is 0 Å². The van der Waals surface area contributed by atoms with Gasteiger partial charge in [-0.3, -0.25) is 0 Å². The third kappa shape index (κ3) is 2.60. The van der Waals surface area contributed by atoms with Crippen molar-refractivity contribution in [3.8, 4) is 0 Å². The molecule has 0 aliphatic heterocycles. The lowest BCUT2D eigenvalue weighted by Gasteiger charge is -1.90. The average Bonchev–Trinajstić information content (AvgIpc) is 1.90. The number of rotatable bonds is 1. The van der Waals surface area contributed by atoms with E-state index in [-0.39, 0.29) is 17.0 Å². The number of nitrogens with zero attached hydrogens (tertiary/aromatic N) is 2. The largest absolute Gasteiger partial charge is 0.325 e. The Hall–Kier alpha value is -0.190. The fraction of sp³-hybridized carbons (Fsp3) is 0.200. The smallest absolute Gasteiger partial charge is 0.151 e. The van der Waals surface area contributed by atoms with Crippen LogP contribution in [0.4, 0.5) is 0 Å². The summed E-state index contributed by atoms with van der Waals surface area (Å²) in [5.41, 5.74) is 6.00. The van der Waals surface area contributed by atoms with E-state index in [1.54, 1.807) is 12.1 Å². The second-order valence-corrected chi connectivity index (χ2v) is 1.94. The monoisotopic (exact) mass is 223 g/mol. The first-order valence-corrected chi connectivity index (χ1v) is 2.89. The molecule has 1 rings (SSSR count). The molecule has 56 valence electrons. The van der Waals surface area contributed by atoms with Crippen molar-refractivity contribution < 1.29 is 0 Å². The Bertz CT molecular complexity index is 189. The number of aromatic nitrogens is 2. The molecule has 0 aliphatic rings. The van der Waals surface area contributed by atoms with Gasteiger partial charge < -0.3 is 5.73 Å². The summed E-state index contributed by atoms with van der Waals surface area (Å²) >= 11 is 5.45. The van der Waals surface area contributed by atoms with Gasteiger partial charge >= 0.3 is 0 Å². The van der Waals surface area contributed by atoms with Crippen LogP contribution in [0.3, 0.4) is 0 Å². The van der Waals surface area contributed by atoms with Crippen LogP contribution in [0.15, 0.2) is 12.1 Å². The summed E-state index contributed by atoms with van der Waals surface area (Å²) in [6.07, 6.45) is 0. The second kappa shape index (κ2) is 4.60. The lowest BCUT2D eigenvalue weighted by molar-refractivity contribution is 0.899. The van der Waals surface area contributed by atoms with Gasteiger partial charge in [0.25, 0.3) is 0 Å². The highest BCUT2D eigenvalue weighted by atomic mass is 79.9. The summed E-state index contributed by atoms with van der Waals surface area (Å²) in [4.78, 5) is 0. The molecule has 1 heterocycles. The zero-order valence-electron chi connectivity index (χ0n) is 5.12. The van der Waals surface area contributed by atoms with Crippen molar-refractivity contribution in [2.75, 3.05) is 0 Å². The van der Waals surface area contributed by atoms with Crippen LogP contribution < -0.4 is 5.73 Å². The quantitative estimate of drug-likeness (QED) is 0.779. The molecule has 0 aliphatic carbocycles. The number of nitrogens with two attached hydrogens (primary N) is 1. The van der Waals surface area contributed by atoms with Crippen LogP contribution in [-0.4, -0.2) is 10.2 Å². The molecule has 1 aromatic heterocycles. The summed E-state index contributed by atoms with van der Waals surface area (Å²) in [7, 11) is 0. The highest BCUT2D eigenvalue weighted by Crippen LogP contribution is 2.00. The van der Waals surface area contributed by atoms with Crippen LogP contribution in [0.1, 0.15) is 5.69 Å². The van der Waals surface area contributed by atoms with Crippen LogP contribution in [0.2, 0.25) is 5.15 Å². The Balaban J connectivity index is 0.000000810. The van der Waals surface area contributed by atoms with Crippen LogP contribution in [0.25, 0.3) is 0 Å². The summed E-state index contributed by atoms with van der Waals surface area (Å²) in [5, 5.41) is 7.67. The SMILES string of the molecule is Br.NCc1ccc(Cl)nn1. The van der Waals surface area contributed by atoms with E-state index in [9.17, 15) is 0 Å². The van der Waals surface area contributed by atoms with E-state index in [0.29, 0.717) is 11.7 Å². The summed E-state index contributed by atoms with van der Waals surface area (Å²) in [6.45, 7) is 0.407. The van der Waals surface area contributed by atoms with E-state index in [1.165, 1.54) is 0 Å². The molecule has 0 bridgehead atoms. The van der Waals surface area contributed by atoms with Crippen molar-refractivity contribution in [1.29, 1.82) is 0 Å². The van der Waals surface area contributed by atoms with Crippen LogP contribution >= 0.6 is 28.6 Å². The molecule has 0 saturated carbocycles. The minimum atomic E-state index is 0. The molecule has 0 amide bonds. The first-order valence-electron chi connectivity index (χ1n) is 2.51. The van der Waals surface area contributed by atoms with Crippen molar-refractivity contribution in [2.45, 2.75) is 6.54 Å². The molecule has 0 saturated heterocycles. The van der Waals surface area contributed by atoms with Crippen LogP contribution in [0, 0.1) is 0 Å². The van der Waals surface area contributed by atoms with E-state index < -0.39 is 0 Å². The van der Waals surface area contributed by atoms with E-state index in [2.05, 4.69) is 10.2 Å². The molecule has 0 unspecified atom stereocenters. The van der Waals surface area contributed by atoms with Crippen LogP contribution in [-0.2, 0) is 6.54 Å². The van der Waals surface area contributed by atoms with Gasteiger partial charge in [-0.1, -0.05) is 11.6 Å². The minimum Gasteiger partial charge on any atom is -0.325 e. The Kier molecular flexibility index (Phi) is 4.51. The van der Waals surface area contributed by atoms with Crippen LogP contribution in [0.5, 0.6) is 0 Å². The van der Waals surface area contributed by atoms with Gasteiger partial charge in [0, 0.05) is 6.54 Å². The first kappa shape index (κ1) is 9.81. The second-order valence-electron chi connectivity index (χ2n) is 1.55. The predicted molar refractivity (Wildman–Crippen MR) is 45.3 cm³/mol. The first-order chi connectivity index (χ1) is 4.33. The third-order valence-electron chi connectivity index (χ3n) is 0.896. The predicted octanol–water partition coefficient (Wildman–Crippen LogP) is 1.17. The van der Waals surface area contributed by atoms with Gasteiger partial charge in [-0.15, -0.1) is 22.1 Å². The molecule has 0 spiro atoms. The van der Waals surface area contributed by atoms with E-state index >= 15 is 0 Å². The topological polar surface area (TPSA) is 51.8 Å². The number of hydrogen-bond acceptors (Lipinski definition) is 3. The van der Waals surface area contributed by atoms with Gasteiger partial charge in [-0.25, -0.2) is 0 Å². The molecule has 5 heteroatoms. The Morgan fingerprint density at radius 3 is 2.50 bits per heavy atom. The third-order valence-corrected chi connectivity index (χ3v) is 1.10. The highest BCUT2D eigenvalue weighted by Gasteiger charge is 1.89. The fourth-order valence-corrected chi connectivity index (χ4v) is 0.553. The van der Waals surface area contributed by atoms with Crippen molar-refractivity contribution >= 4 is 28.6 Å². The van der Waals surface area contributed by atoms with Gasteiger partial charge in [0.1, 0.15) is 0 Å². The lowest BCUT2D eigenvalue weighted by Crippen LogP contribution is -1.99. The normalized spacial score (nSPS) is 8.60. The molecule has 2 N–H and O–H groups in total. The zero-order valence-corrected chi connectivity index (χ0v) is 7.59. The molecule has 1 aromatic rings. The lowest BCUT2D eigenvalue weighted by atomic mass is 10.4. The molecular weight excluding hydrogens is 217 g/mol. The van der Waals surface area contributed by atoms with Crippen molar-refractivity contribution in [3.05, 3.63) is 23.0 Å². The van der Waals surface area contributed by atoms with E-state index in [1.807, 2.05) is 0 Å². The van der Waals surface area contributed by atoms with E-state index in [4.69, 9.17) is 17.3 Å². The van der Waals surface area contributed by atoms with Crippen molar-refractivity contribution in [1.82, 2.24) is 10.2 Å². The van der Waals surface area contributed by atoms with Crippen molar-refractivity contribution in [2.24, 2.45) is 5.73 Å². The maximum Gasteiger partial charge on any atom is 0.151 e. The molecule has 0 atom stereocenters. The molecule has 0 aromatic carbocycles. The Labute approximate surface area is 74.4 Å². The van der Waals surface area contributed by atoms with Gasteiger partial charge in [-0.05, 0) is 12.1 Å². The van der Waals surface area contributed by atoms with E-state index in [0.717, 1.165) is 5.69 Å². The number of hydrogen-bond donors (Lipinski definition) is 1. The standard InChI is InChI=1S/C5H6ClN3.BrH/c6-5-2-1-4(3-7)8-9-5;/h1-2H,3,7H2;1H. The average molecular weight is 224 g/mol. The molecule has 10 heavy (non-hydrogen) atoms. The summed E-state index contributed by atoms with van der Waals surface area (Å²) < 4.78 is 0. The maximum absolute atomic E-state index is 5.45. The Morgan fingerprint density at radius 1 is 1.40 bits per heavy atom. The molecule has 0 fully saturated rings. The number of halogens is 2. The molecular formula is C5H7BrClN3. The van der Waals surface area contributed by atoms with Gasteiger partial charge in [0.15, 0.2) is 5.15 Å². The summed E-state index contributed by atoms with van der Waals surface area (Å²) in [5.74, 6) is 0. The molecule has 0 radical (unpaired) electrons. The summed E-state index contributed by atoms with van der Waals surface area (Å²) in [6, 6.07) is 3.41. The van der Waals surface area contributed by atoms with Gasteiger partial charge in [0.2, 0.25) is 0 Å². The zero-order chi connectivity index (χ0) is 6.69. The maximum atomic E-state index is 5.45.